The van der Waals surface area contributed by atoms with Crippen molar-refractivity contribution < 1.29 is 22.4 Å². The third-order valence-corrected chi connectivity index (χ3v) is 4.30. The molecule has 2 rings (SSSR count). The van der Waals surface area contributed by atoms with Gasteiger partial charge in [-0.05, 0) is 14.1 Å². The molecule has 22 heavy (non-hydrogen) atoms. The first kappa shape index (κ1) is 22.6. The largest absolute Gasteiger partial charge is 0.668 e. The Morgan fingerprint density at radius 3 is 1.32 bits per heavy atom. The molecule has 0 aromatic carbocycles. The van der Waals surface area contributed by atoms with Crippen LogP contribution in [0.15, 0.2) is 0 Å². The second kappa shape index (κ2) is 14.0. The number of nitrogens with zero attached hydrogens (tertiary/aromatic N) is 4. The van der Waals surface area contributed by atoms with E-state index in [9.17, 15) is 0 Å². The Kier molecular flexibility index (Phi) is 14.3. The van der Waals surface area contributed by atoms with Crippen LogP contribution in [0.1, 0.15) is 64.2 Å². The molecule has 0 aliphatic heterocycles. The summed E-state index contributed by atoms with van der Waals surface area (Å²) in [6.45, 7) is 0. The summed E-state index contributed by atoms with van der Waals surface area (Å²) in [7, 11) is 7.73. The van der Waals surface area contributed by atoms with Crippen LogP contribution in [-0.2, 0) is 22.4 Å². The third kappa shape index (κ3) is 9.66. The first-order valence-electron chi connectivity index (χ1n) is 8.71. The third-order valence-electron chi connectivity index (χ3n) is 4.30. The van der Waals surface area contributed by atoms with E-state index in [1.165, 1.54) is 64.2 Å². The van der Waals surface area contributed by atoms with Crippen LogP contribution in [0.25, 0.3) is 16.0 Å². The maximum absolute atomic E-state index is 4.99. The van der Waals surface area contributed by atoms with Crippen LogP contribution >= 0.6 is 0 Å². The Hall–Kier alpha value is 0.580. The Morgan fingerprint density at radius 2 is 1.05 bits per heavy atom. The van der Waals surface area contributed by atoms with Crippen LogP contribution in [0.2, 0.25) is 0 Å². The molecule has 2 aliphatic rings. The SMILES string of the molecule is CN(C)C([N-]C1CCCCC1)[N-]C1CCCCC1.C[N-]C.[Ta]. The number of hydrogen-bond donors (Lipinski definition) is 0. The Morgan fingerprint density at radius 1 is 0.727 bits per heavy atom. The van der Waals surface area contributed by atoms with Gasteiger partial charge in [-0.2, -0.15) is 20.4 Å². The summed E-state index contributed by atoms with van der Waals surface area (Å²) in [5.74, 6) is 0. The zero-order chi connectivity index (χ0) is 15.5. The van der Waals surface area contributed by atoms with Crippen molar-refractivity contribution in [3.63, 3.8) is 0 Å². The van der Waals surface area contributed by atoms with Crippen molar-refractivity contribution in [2.45, 2.75) is 82.6 Å². The van der Waals surface area contributed by atoms with E-state index in [0.29, 0.717) is 12.1 Å². The molecule has 0 heterocycles. The fraction of sp³-hybridized carbons (Fsp3) is 1.00. The molecule has 2 saturated carbocycles. The average Bonchev–Trinajstić information content (AvgIpc) is 2.49. The van der Waals surface area contributed by atoms with Crippen LogP contribution < -0.4 is 0 Å². The van der Waals surface area contributed by atoms with E-state index < -0.39 is 0 Å². The van der Waals surface area contributed by atoms with E-state index in [0.717, 1.165) is 0 Å². The molecule has 131 valence electrons. The minimum absolute atomic E-state index is 0. The van der Waals surface area contributed by atoms with Crippen molar-refractivity contribution in [3.8, 4) is 0 Å². The number of hydrogen-bond acceptors (Lipinski definition) is 1. The zero-order valence-corrected chi connectivity index (χ0v) is 18.3. The molecule has 0 amide bonds. The molecule has 0 atom stereocenters. The summed E-state index contributed by atoms with van der Waals surface area (Å²) in [5, 5.41) is 13.5. The molecule has 0 N–H and O–H groups in total. The monoisotopic (exact) mass is 476 g/mol. The van der Waals surface area contributed by atoms with Crippen molar-refractivity contribution in [1.82, 2.24) is 4.90 Å². The Labute approximate surface area is 154 Å². The standard InChI is InChI=1S/C15H29N3.C2H6N.Ta/c1-18(2)15(16-13-9-5-3-6-10-13)17-14-11-7-4-8-12-14;1-3-2;/h13-15H,3-12H2,1-2H3;1-2H3;/q-2;-1;. The molecule has 2 aliphatic carbocycles. The first-order chi connectivity index (χ1) is 10.2. The van der Waals surface area contributed by atoms with Gasteiger partial charge in [0.15, 0.2) is 0 Å². The van der Waals surface area contributed by atoms with E-state index in [1.54, 1.807) is 14.1 Å². The van der Waals surface area contributed by atoms with Crippen LogP contribution in [0.3, 0.4) is 0 Å². The van der Waals surface area contributed by atoms with Crippen LogP contribution in [0, 0.1) is 0 Å². The van der Waals surface area contributed by atoms with Gasteiger partial charge in [0.1, 0.15) is 0 Å². The summed E-state index contributed by atoms with van der Waals surface area (Å²) < 4.78 is 0. The summed E-state index contributed by atoms with van der Waals surface area (Å²) in [4.78, 5) is 2.18. The molecule has 2 fully saturated rings. The molecular weight excluding hydrogens is 441 g/mol. The van der Waals surface area contributed by atoms with Gasteiger partial charge in [0.25, 0.3) is 0 Å². The second-order valence-electron chi connectivity index (χ2n) is 6.64. The van der Waals surface area contributed by atoms with Gasteiger partial charge in [-0.15, -0.1) is 12.1 Å². The maximum atomic E-state index is 4.99. The summed E-state index contributed by atoms with van der Waals surface area (Å²) in [6, 6.07) is 1.14. The molecule has 0 spiro atoms. The predicted octanol–water partition coefficient (Wildman–Crippen LogP) is 4.86. The maximum Gasteiger partial charge on any atom is 0 e. The molecule has 0 aromatic rings. The van der Waals surface area contributed by atoms with Gasteiger partial charge in [-0.1, -0.05) is 64.2 Å². The summed E-state index contributed by atoms with van der Waals surface area (Å²) >= 11 is 0. The van der Waals surface area contributed by atoms with Crippen molar-refractivity contribution in [3.05, 3.63) is 16.0 Å². The fourth-order valence-corrected chi connectivity index (χ4v) is 3.14. The normalized spacial score (nSPS) is 20.5. The molecule has 4 nitrogen and oxygen atoms in total. The average molecular weight is 476 g/mol. The van der Waals surface area contributed by atoms with Crippen molar-refractivity contribution in [2.24, 2.45) is 0 Å². The fourth-order valence-electron chi connectivity index (χ4n) is 3.14. The smallest absolute Gasteiger partial charge is 0 e. The number of rotatable bonds is 5. The van der Waals surface area contributed by atoms with Crippen LogP contribution in [0.4, 0.5) is 0 Å². The molecule has 0 unspecified atom stereocenters. The Balaban J connectivity index is 0.00000102. The quantitative estimate of drug-likeness (QED) is 0.559. The molecule has 0 saturated heterocycles. The van der Waals surface area contributed by atoms with Gasteiger partial charge >= 0.3 is 0 Å². The van der Waals surface area contributed by atoms with E-state index in [-0.39, 0.29) is 28.7 Å². The van der Waals surface area contributed by atoms with Crippen molar-refractivity contribution in [1.29, 1.82) is 0 Å². The van der Waals surface area contributed by atoms with Crippen molar-refractivity contribution in [2.75, 3.05) is 28.2 Å². The van der Waals surface area contributed by atoms with E-state index in [1.807, 2.05) is 0 Å². The van der Waals surface area contributed by atoms with E-state index in [4.69, 9.17) is 10.6 Å². The topological polar surface area (TPSA) is 45.5 Å². The van der Waals surface area contributed by atoms with Crippen LogP contribution in [-0.4, -0.2) is 51.5 Å². The second-order valence-corrected chi connectivity index (χ2v) is 6.64. The van der Waals surface area contributed by atoms with Gasteiger partial charge in [0.05, 0.1) is 0 Å². The summed E-state index contributed by atoms with van der Waals surface area (Å²) in [6.07, 6.45) is 13.5. The predicted molar refractivity (Wildman–Crippen MR) is 93.1 cm³/mol. The van der Waals surface area contributed by atoms with Gasteiger partial charge in [0.2, 0.25) is 0 Å². The van der Waals surface area contributed by atoms with E-state index in [2.05, 4.69) is 24.3 Å². The summed E-state index contributed by atoms with van der Waals surface area (Å²) in [5.41, 5.74) is 0. The molecule has 1 radical (unpaired) electrons. The molecule has 5 heteroatoms. The van der Waals surface area contributed by atoms with Crippen molar-refractivity contribution >= 4 is 0 Å². The molecular formula is C17H35N4Ta-3. The van der Waals surface area contributed by atoms with Gasteiger partial charge in [0, 0.05) is 22.4 Å². The van der Waals surface area contributed by atoms with Gasteiger partial charge in [-0.25, -0.2) is 0 Å². The molecule has 0 bridgehead atoms. The minimum atomic E-state index is 0. The van der Waals surface area contributed by atoms with E-state index >= 15 is 0 Å². The van der Waals surface area contributed by atoms with Gasteiger partial charge in [-0.3, -0.25) is 0 Å². The zero-order valence-electron chi connectivity index (χ0n) is 15.0. The first-order valence-corrected chi connectivity index (χ1v) is 8.71. The Bertz CT molecular complexity index is 219. The molecule has 0 aromatic heterocycles. The van der Waals surface area contributed by atoms with Crippen LogP contribution in [0.5, 0.6) is 0 Å². The minimum Gasteiger partial charge on any atom is -0.668 e. The van der Waals surface area contributed by atoms with Gasteiger partial charge < -0.3 is 20.9 Å².